The summed E-state index contributed by atoms with van der Waals surface area (Å²) in [5.74, 6) is 1.05. The van der Waals surface area contributed by atoms with Crippen LogP contribution in [0.1, 0.15) is 6.42 Å². The van der Waals surface area contributed by atoms with E-state index in [9.17, 15) is 4.79 Å². The van der Waals surface area contributed by atoms with Crippen LogP contribution >= 0.6 is 0 Å². The molecule has 0 aliphatic carbocycles. The molecule has 0 radical (unpaired) electrons. The molecule has 1 rings (SSSR count). The minimum absolute atomic E-state index is 0.152. The van der Waals surface area contributed by atoms with E-state index in [0.717, 1.165) is 5.75 Å². The molecule has 5 heteroatoms. The molecule has 0 aliphatic heterocycles. The third-order valence-corrected chi connectivity index (χ3v) is 1.85. The van der Waals surface area contributed by atoms with Crippen LogP contribution in [0.2, 0.25) is 0 Å². The molecule has 84 valence electrons. The fourth-order valence-electron chi connectivity index (χ4n) is 1.06. The molecule has 16 heavy (non-hydrogen) atoms. The molecule has 1 amide bonds. The van der Waals surface area contributed by atoms with E-state index in [2.05, 4.69) is 0 Å². The van der Waals surface area contributed by atoms with Gasteiger partial charge >= 0.3 is 0 Å². The minimum Gasteiger partial charge on any atom is -0.497 e. The van der Waals surface area contributed by atoms with Crippen LogP contribution in [-0.2, 0) is 4.79 Å². The molecule has 0 heterocycles. The average Bonchev–Trinajstić information content (AvgIpc) is 2.30. The van der Waals surface area contributed by atoms with Crippen LogP contribution in [-0.4, -0.2) is 19.6 Å². The number of hydrogen-bond acceptors (Lipinski definition) is 4. The van der Waals surface area contributed by atoms with Crippen molar-refractivity contribution in [1.82, 2.24) is 5.32 Å². The fourth-order valence-corrected chi connectivity index (χ4v) is 1.06. The van der Waals surface area contributed by atoms with Crippen LogP contribution in [0.25, 0.3) is 0 Å². The van der Waals surface area contributed by atoms with Gasteiger partial charge in [0.1, 0.15) is 11.5 Å². The van der Waals surface area contributed by atoms with Crippen molar-refractivity contribution < 1.29 is 14.3 Å². The molecular weight excluding hydrogens is 208 g/mol. The molecule has 0 saturated heterocycles. The maximum Gasteiger partial charge on any atom is 0.236 e. The predicted octanol–water partition coefficient (Wildman–Crippen LogP) is 1.06. The van der Waals surface area contributed by atoms with E-state index in [1.807, 2.05) is 5.32 Å². The maximum atomic E-state index is 10.9. The monoisotopic (exact) mass is 220 g/mol. The third kappa shape index (κ3) is 3.88. The van der Waals surface area contributed by atoms with Crippen LogP contribution in [0.3, 0.4) is 0 Å². The Kier molecular flexibility index (Phi) is 4.67. The van der Waals surface area contributed by atoms with E-state index in [1.54, 1.807) is 37.6 Å². The van der Waals surface area contributed by atoms with Crippen molar-refractivity contribution in [2.45, 2.75) is 6.42 Å². The number of hydrogen-bond donors (Lipinski definition) is 1. The van der Waals surface area contributed by atoms with Gasteiger partial charge in [-0.15, -0.1) is 0 Å². The number of carbonyl (C=O) groups excluding carboxylic acids is 1. The second-order valence-electron chi connectivity index (χ2n) is 2.93. The Morgan fingerprint density at radius 1 is 1.38 bits per heavy atom. The van der Waals surface area contributed by atoms with E-state index < -0.39 is 0 Å². The van der Waals surface area contributed by atoms with Gasteiger partial charge in [0.15, 0.2) is 6.19 Å². The SMILES string of the molecule is COc1ccc(OCCC(=O)NC#N)cc1. The second-order valence-corrected chi connectivity index (χ2v) is 2.93. The summed E-state index contributed by atoms with van der Waals surface area (Å²) >= 11 is 0. The number of nitrogens with zero attached hydrogens (tertiary/aromatic N) is 1. The highest BCUT2D eigenvalue weighted by molar-refractivity contribution is 5.77. The van der Waals surface area contributed by atoms with Gasteiger partial charge in [0, 0.05) is 0 Å². The number of carbonyl (C=O) groups is 1. The number of rotatable bonds is 5. The summed E-state index contributed by atoms with van der Waals surface area (Å²) in [7, 11) is 1.59. The van der Waals surface area contributed by atoms with E-state index in [1.165, 1.54) is 0 Å². The maximum absolute atomic E-state index is 10.9. The van der Waals surface area contributed by atoms with Crippen LogP contribution in [0.5, 0.6) is 11.5 Å². The number of nitriles is 1. The zero-order valence-corrected chi connectivity index (χ0v) is 8.90. The highest BCUT2D eigenvalue weighted by Crippen LogP contribution is 2.16. The molecule has 0 fully saturated rings. The zero-order valence-electron chi connectivity index (χ0n) is 8.90. The Bertz CT molecular complexity index is 381. The summed E-state index contributed by atoms with van der Waals surface area (Å²) in [6.45, 7) is 0.236. The van der Waals surface area contributed by atoms with E-state index in [4.69, 9.17) is 14.7 Å². The molecule has 1 aromatic carbocycles. The summed E-state index contributed by atoms with van der Waals surface area (Å²) in [5, 5.41) is 10.2. The molecule has 0 aromatic heterocycles. The van der Waals surface area contributed by atoms with Gasteiger partial charge in [0.2, 0.25) is 5.91 Å². The highest BCUT2D eigenvalue weighted by Gasteiger charge is 2.00. The van der Waals surface area contributed by atoms with Crippen molar-refractivity contribution in [1.29, 1.82) is 5.26 Å². The number of methoxy groups -OCH3 is 1. The number of benzene rings is 1. The topological polar surface area (TPSA) is 71.3 Å². The van der Waals surface area contributed by atoms with Gasteiger partial charge in [-0.25, -0.2) is 0 Å². The number of amides is 1. The Labute approximate surface area is 93.6 Å². The molecule has 0 aliphatic rings. The van der Waals surface area contributed by atoms with Crippen LogP contribution in [0, 0.1) is 11.5 Å². The van der Waals surface area contributed by atoms with Crippen molar-refractivity contribution in [3.63, 3.8) is 0 Å². The normalized spacial score (nSPS) is 9.00. The zero-order chi connectivity index (χ0) is 11.8. The first-order chi connectivity index (χ1) is 7.76. The lowest BCUT2D eigenvalue weighted by atomic mass is 10.3. The molecule has 0 spiro atoms. The summed E-state index contributed by atoms with van der Waals surface area (Å²) in [5.41, 5.74) is 0. The first-order valence-electron chi connectivity index (χ1n) is 4.71. The predicted molar refractivity (Wildman–Crippen MR) is 56.9 cm³/mol. The van der Waals surface area contributed by atoms with Crippen molar-refractivity contribution in [2.24, 2.45) is 0 Å². The van der Waals surface area contributed by atoms with Gasteiger partial charge in [-0.1, -0.05) is 0 Å². The smallest absolute Gasteiger partial charge is 0.236 e. The third-order valence-electron chi connectivity index (χ3n) is 1.85. The van der Waals surface area contributed by atoms with Crippen molar-refractivity contribution in [2.75, 3.05) is 13.7 Å². The first kappa shape index (κ1) is 11.9. The minimum atomic E-state index is -0.351. The van der Waals surface area contributed by atoms with Gasteiger partial charge in [-0.3, -0.25) is 10.1 Å². The van der Waals surface area contributed by atoms with Gasteiger partial charge < -0.3 is 9.47 Å². The highest BCUT2D eigenvalue weighted by atomic mass is 16.5. The lowest BCUT2D eigenvalue weighted by molar-refractivity contribution is -0.120. The molecule has 0 atom stereocenters. The largest absolute Gasteiger partial charge is 0.497 e. The molecule has 5 nitrogen and oxygen atoms in total. The van der Waals surface area contributed by atoms with E-state index in [0.29, 0.717) is 5.75 Å². The average molecular weight is 220 g/mol. The molecule has 0 unspecified atom stereocenters. The fraction of sp³-hybridized carbons (Fsp3) is 0.273. The van der Waals surface area contributed by atoms with Crippen LogP contribution < -0.4 is 14.8 Å². The standard InChI is InChI=1S/C11H12N2O3/c1-15-9-2-4-10(5-3-9)16-7-6-11(14)13-8-12/h2-5H,6-7H2,1H3,(H,13,14). The number of ether oxygens (including phenoxy) is 2. The van der Waals surface area contributed by atoms with Crippen LogP contribution in [0.15, 0.2) is 24.3 Å². The Balaban J connectivity index is 2.32. The quantitative estimate of drug-likeness (QED) is 0.595. The summed E-state index contributed by atoms with van der Waals surface area (Å²) in [4.78, 5) is 10.9. The summed E-state index contributed by atoms with van der Waals surface area (Å²) in [6.07, 6.45) is 1.71. The molecule has 1 N–H and O–H groups in total. The first-order valence-corrected chi connectivity index (χ1v) is 4.71. The van der Waals surface area contributed by atoms with Crippen molar-refractivity contribution in [3.05, 3.63) is 24.3 Å². The van der Waals surface area contributed by atoms with E-state index >= 15 is 0 Å². The Hall–Kier alpha value is -2.22. The van der Waals surface area contributed by atoms with Gasteiger partial charge in [-0.05, 0) is 24.3 Å². The van der Waals surface area contributed by atoms with Crippen molar-refractivity contribution >= 4 is 5.91 Å². The summed E-state index contributed by atoms with van der Waals surface area (Å²) in [6, 6.07) is 7.04. The molecule has 0 saturated carbocycles. The van der Waals surface area contributed by atoms with Gasteiger partial charge in [0.25, 0.3) is 0 Å². The van der Waals surface area contributed by atoms with Crippen LogP contribution in [0.4, 0.5) is 0 Å². The molecule has 0 bridgehead atoms. The lowest BCUT2D eigenvalue weighted by Crippen LogP contribution is -2.19. The molecular formula is C11H12N2O3. The Morgan fingerprint density at radius 3 is 2.56 bits per heavy atom. The summed E-state index contributed by atoms with van der Waals surface area (Å²) < 4.78 is 10.3. The van der Waals surface area contributed by atoms with E-state index in [-0.39, 0.29) is 18.9 Å². The lowest BCUT2D eigenvalue weighted by Gasteiger charge is -2.05. The Morgan fingerprint density at radius 2 is 2.00 bits per heavy atom. The number of nitrogens with one attached hydrogen (secondary N) is 1. The molecule has 1 aromatic rings. The van der Waals surface area contributed by atoms with Gasteiger partial charge in [-0.2, -0.15) is 5.26 Å². The van der Waals surface area contributed by atoms with Gasteiger partial charge in [0.05, 0.1) is 20.1 Å². The van der Waals surface area contributed by atoms with Crippen molar-refractivity contribution in [3.8, 4) is 17.7 Å². The second kappa shape index (κ2) is 6.30.